The topological polar surface area (TPSA) is 83.0 Å². The monoisotopic (exact) mass is 362 g/mol. The molecule has 0 aliphatic heterocycles. The van der Waals surface area contributed by atoms with Crippen molar-refractivity contribution in [2.45, 2.75) is 32.7 Å². The minimum Gasteiger partial charge on any atom is -0.462 e. The second kappa shape index (κ2) is 6.96. The summed E-state index contributed by atoms with van der Waals surface area (Å²) in [6, 6.07) is 12.1. The highest BCUT2D eigenvalue weighted by Crippen LogP contribution is 2.36. The van der Waals surface area contributed by atoms with E-state index >= 15 is 0 Å². The minimum atomic E-state index is -0.371. The number of pyridine rings is 1. The lowest BCUT2D eigenvalue weighted by molar-refractivity contribution is 0.0525. The molecule has 138 valence electrons. The first-order valence-corrected chi connectivity index (χ1v) is 9.17. The summed E-state index contributed by atoms with van der Waals surface area (Å²) in [7, 11) is 0. The number of aromatic nitrogens is 3. The van der Waals surface area contributed by atoms with E-state index in [-0.39, 0.29) is 12.0 Å². The van der Waals surface area contributed by atoms with Gasteiger partial charge in [0.05, 0.1) is 24.2 Å². The Labute approximate surface area is 158 Å². The molecule has 27 heavy (non-hydrogen) atoms. The maximum atomic E-state index is 12.1. The van der Waals surface area contributed by atoms with Crippen LogP contribution in [0.1, 0.15) is 46.6 Å². The molecule has 1 atom stereocenters. The Morgan fingerprint density at radius 2 is 2.11 bits per heavy atom. The van der Waals surface area contributed by atoms with Crippen LogP contribution < -0.4 is 5.73 Å². The molecule has 1 unspecified atom stereocenters. The quantitative estimate of drug-likeness (QED) is 0.720. The lowest BCUT2D eigenvalue weighted by atomic mass is 9.98. The number of aryl methyl sites for hydroxylation is 1. The number of benzene rings is 1. The standard InChI is InChI=1S/C21H22N4O2/c1-3-27-21(26)16-12-23-25(13(16)2)19-9-5-8-18(24-19)15-7-4-6-14-10-11-17(22)20(14)15/h4-9,12,17H,3,10-11,22H2,1-2H3. The van der Waals surface area contributed by atoms with Gasteiger partial charge in [0, 0.05) is 11.6 Å². The van der Waals surface area contributed by atoms with Gasteiger partial charge in [-0.25, -0.2) is 14.5 Å². The molecule has 0 saturated heterocycles. The molecule has 3 aromatic rings. The van der Waals surface area contributed by atoms with Crippen LogP contribution >= 0.6 is 0 Å². The maximum absolute atomic E-state index is 12.1. The van der Waals surface area contributed by atoms with Crippen molar-refractivity contribution in [2.24, 2.45) is 5.73 Å². The number of hydrogen-bond acceptors (Lipinski definition) is 5. The van der Waals surface area contributed by atoms with E-state index in [1.807, 2.05) is 25.1 Å². The summed E-state index contributed by atoms with van der Waals surface area (Å²) in [5, 5.41) is 4.34. The smallest absolute Gasteiger partial charge is 0.341 e. The van der Waals surface area contributed by atoms with Crippen LogP contribution in [0.5, 0.6) is 0 Å². The minimum absolute atomic E-state index is 0.0449. The van der Waals surface area contributed by atoms with Crippen LogP contribution in [-0.2, 0) is 11.2 Å². The lowest BCUT2D eigenvalue weighted by Gasteiger charge is -2.13. The summed E-state index contributed by atoms with van der Waals surface area (Å²) in [6.07, 6.45) is 3.50. The van der Waals surface area contributed by atoms with Crippen LogP contribution in [0.2, 0.25) is 0 Å². The summed E-state index contributed by atoms with van der Waals surface area (Å²) in [4.78, 5) is 16.9. The van der Waals surface area contributed by atoms with Gasteiger partial charge in [-0.05, 0) is 49.9 Å². The Bertz CT molecular complexity index is 1010. The van der Waals surface area contributed by atoms with Crippen LogP contribution in [0.25, 0.3) is 17.1 Å². The highest BCUT2D eigenvalue weighted by Gasteiger charge is 2.23. The van der Waals surface area contributed by atoms with Gasteiger partial charge in [-0.3, -0.25) is 0 Å². The van der Waals surface area contributed by atoms with Crippen molar-refractivity contribution in [3.63, 3.8) is 0 Å². The largest absolute Gasteiger partial charge is 0.462 e. The van der Waals surface area contributed by atoms with E-state index in [0.29, 0.717) is 23.7 Å². The van der Waals surface area contributed by atoms with E-state index in [4.69, 9.17) is 15.5 Å². The van der Waals surface area contributed by atoms with Crippen molar-refractivity contribution in [2.75, 3.05) is 6.61 Å². The average molecular weight is 362 g/mol. The van der Waals surface area contributed by atoms with Gasteiger partial charge in [0.15, 0.2) is 5.82 Å². The predicted molar refractivity (Wildman–Crippen MR) is 103 cm³/mol. The summed E-state index contributed by atoms with van der Waals surface area (Å²) >= 11 is 0. The molecule has 6 nitrogen and oxygen atoms in total. The fourth-order valence-electron chi connectivity index (χ4n) is 3.69. The van der Waals surface area contributed by atoms with Crippen molar-refractivity contribution in [1.29, 1.82) is 0 Å². The predicted octanol–water partition coefficient (Wildman–Crippen LogP) is 3.37. The SMILES string of the molecule is CCOC(=O)c1cnn(-c2cccc(-c3cccc4c3C(N)CC4)n2)c1C. The number of carbonyl (C=O) groups excluding carboxylic acids is 1. The molecule has 6 heteroatoms. The summed E-state index contributed by atoms with van der Waals surface area (Å²) in [5.41, 5.74) is 11.9. The highest BCUT2D eigenvalue weighted by molar-refractivity contribution is 5.90. The third-order valence-corrected chi connectivity index (χ3v) is 5.02. The Morgan fingerprint density at radius 3 is 2.93 bits per heavy atom. The molecule has 1 aromatic carbocycles. The van der Waals surface area contributed by atoms with Gasteiger partial charge in [0.2, 0.25) is 0 Å². The van der Waals surface area contributed by atoms with Gasteiger partial charge < -0.3 is 10.5 Å². The van der Waals surface area contributed by atoms with Gasteiger partial charge in [0.1, 0.15) is 5.56 Å². The van der Waals surface area contributed by atoms with E-state index in [1.165, 1.54) is 17.3 Å². The number of fused-ring (bicyclic) bond motifs is 1. The fourth-order valence-corrected chi connectivity index (χ4v) is 3.69. The molecule has 0 fully saturated rings. The number of rotatable bonds is 4. The highest BCUT2D eigenvalue weighted by atomic mass is 16.5. The molecule has 2 N–H and O–H groups in total. The zero-order valence-corrected chi connectivity index (χ0v) is 15.5. The number of hydrogen-bond donors (Lipinski definition) is 1. The first-order chi connectivity index (χ1) is 13.1. The normalized spacial score (nSPS) is 15.6. The summed E-state index contributed by atoms with van der Waals surface area (Å²) < 4.78 is 6.75. The van der Waals surface area contributed by atoms with E-state index in [2.05, 4.69) is 23.3 Å². The Morgan fingerprint density at radius 1 is 1.30 bits per heavy atom. The van der Waals surface area contributed by atoms with E-state index in [9.17, 15) is 4.79 Å². The molecule has 0 amide bonds. The molecule has 0 bridgehead atoms. The van der Waals surface area contributed by atoms with Crippen LogP contribution in [-0.4, -0.2) is 27.3 Å². The van der Waals surface area contributed by atoms with Gasteiger partial charge >= 0.3 is 5.97 Å². The number of carbonyl (C=O) groups is 1. The number of ether oxygens (including phenoxy) is 1. The molecule has 1 aliphatic carbocycles. The second-order valence-corrected chi connectivity index (χ2v) is 6.68. The summed E-state index contributed by atoms with van der Waals surface area (Å²) in [5.74, 6) is 0.286. The number of nitrogens with zero attached hydrogens (tertiary/aromatic N) is 3. The first-order valence-electron chi connectivity index (χ1n) is 9.17. The Kier molecular flexibility index (Phi) is 4.49. The Balaban J connectivity index is 1.76. The lowest BCUT2D eigenvalue weighted by Crippen LogP contribution is -2.09. The van der Waals surface area contributed by atoms with Gasteiger partial charge in [-0.1, -0.05) is 24.3 Å². The maximum Gasteiger partial charge on any atom is 0.341 e. The van der Waals surface area contributed by atoms with E-state index < -0.39 is 0 Å². The van der Waals surface area contributed by atoms with Crippen molar-refractivity contribution < 1.29 is 9.53 Å². The zero-order valence-electron chi connectivity index (χ0n) is 15.5. The average Bonchev–Trinajstić information content (AvgIpc) is 3.25. The van der Waals surface area contributed by atoms with Crippen LogP contribution in [0.3, 0.4) is 0 Å². The van der Waals surface area contributed by atoms with Crippen LogP contribution in [0.15, 0.2) is 42.6 Å². The zero-order chi connectivity index (χ0) is 19.0. The molecular formula is C21H22N4O2. The molecular weight excluding hydrogens is 340 g/mol. The molecule has 2 aromatic heterocycles. The third-order valence-electron chi connectivity index (χ3n) is 5.02. The van der Waals surface area contributed by atoms with Crippen molar-refractivity contribution >= 4 is 5.97 Å². The second-order valence-electron chi connectivity index (χ2n) is 6.68. The molecule has 0 radical (unpaired) electrons. The third kappa shape index (κ3) is 3.02. The van der Waals surface area contributed by atoms with Crippen molar-refractivity contribution in [3.05, 3.63) is 65.0 Å². The summed E-state index contributed by atoms with van der Waals surface area (Å²) in [6.45, 7) is 3.95. The van der Waals surface area contributed by atoms with E-state index in [0.717, 1.165) is 24.1 Å². The van der Waals surface area contributed by atoms with Crippen LogP contribution in [0, 0.1) is 6.92 Å². The van der Waals surface area contributed by atoms with Crippen LogP contribution in [0.4, 0.5) is 0 Å². The Hall–Kier alpha value is -2.99. The molecule has 0 spiro atoms. The molecule has 0 saturated carbocycles. The van der Waals surface area contributed by atoms with Gasteiger partial charge in [-0.2, -0.15) is 5.10 Å². The van der Waals surface area contributed by atoms with Crippen molar-refractivity contribution in [3.8, 4) is 17.1 Å². The molecule has 1 aliphatic rings. The van der Waals surface area contributed by atoms with Gasteiger partial charge in [-0.15, -0.1) is 0 Å². The fraction of sp³-hybridized carbons (Fsp3) is 0.286. The number of esters is 1. The van der Waals surface area contributed by atoms with E-state index in [1.54, 1.807) is 11.6 Å². The first kappa shape index (κ1) is 17.4. The molecule has 4 rings (SSSR count). The van der Waals surface area contributed by atoms with Crippen molar-refractivity contribution in [1.82, 2.24) is 14.8 Å². The van der Waals surface area contributed by atoms with Gasteiger partial charge in [0.25, 0.3) is 0 Å². The molecule has 2 heterocycles. The number of nitrogens with two attached hydrogens (primary N) is 1.